The second-order valence-electron chi connectivity index (χ2n) is 5.16. The van der Waals surface area contributed by atoms with Gasteiger partial charge in [0, 0.05) is 25.5 Å². The van der Waals surface area contributed by atoms with Gasteiger partial charge in [-0.3, -0.25) is 4.98 Å². The molecule has 1 fully saturated rings. The number of hydrogen-bond acceptors (Lipinski definition) is 8. The standard InChI is InChI=1S/C15H14ClN5O2S/c1-22-10-2-3-17-8-9(10)13-18-11-12(21-4-6-23-7-5-21)19-15(16)20-14(11)24-13/h2-3,8H,4-7H2,1H3. The molecule has 24 heavy (non-hydrogen) atoms. The van der Waals surface area contributed by atoms with Gasteiger partial charge in [0.15, 0.2) is 10.6 Å². The Morgan fingerprint density at radius 3 is 2.88 bits per heavy atom. The van der Waals surface area contributed by atoms with Crippen LogP contribution in [-0.4, -0.2) is 53.3 Å². The normalized spacial score (nSPS) is 15.0. The number of morpholine rings is 1. The van der Waals surface area contributed by atoms with Gasteiger partial charge in [0.1, 0.15) is 16.3 Å². The fourth-order valence-corrected chi connectivity index (χ4v) is 3.78. The van der Waals surface area contributed by atoms with Gasteiger partial charge in [-0.1, -0.05) is 11.3 Å². The van der Waals surface area contributed by atoms with Crippen LogP contribution in [0.25, 0.3) is 20.9 Å². The van der Waals surface area contributed by atoms with Crippen LogP contribution in [0.15, 0.2) is 18.5 Å². The Morgan fingerprint density at radius 2 is 2.08 bits per heavy atom. The van der Waals surface area contributed by atoms with Crippen molar-refractivity contribution in [2.45, 2.75) is 0 Å². The summed E-state index contributed by atoms with van der Waals surface area (Å²) < 4.78 is 10.8. The molecule has 0 spiro atoms. The molecule has 0 aromatic carbocycles. The first-order chi connectivity index (χ1) is 11.8. The molecule has 1 saturated heterocycles. The van der Waals surface area contributed by atoms with Crippen LogP contribution in [0.5, 0.6) is 5.75 Å². The zero-order chi connectivity index (χ0) is 16.5. The number of aromatic nitrogens is 4. The molecule has 3 aromatic rings. The number of fused-ring (bicyclic) bond motifs is 1. The minimum atomic E-state index is 0.220. The van der Waals surface area contributed by atoms with E-state index in [0.29, 0.717) is 13.2 Å². The summed E-state index contributed by atoms with van der Waals surface area (Å²) in [6.07, 6.45) is 3.42. The summed E-state index contributed by atoms with van der Waals surface area (Å²) in [4.78, 5) is 20.5. The van der Waals surface area contributed by atoms with E-state index < -0.39 is 0 Å². The third-order valence-electron chi connectivity index (χ3n) is 3.76. The highest BCUT2D eigenvalue weighted by atomic mass is 35.5. The van der Waals surface area contributed by atoms with E-state index in [9.17, 15) is 0 Å². The smallest absolute Gasteiger partial charge is 0.225 e. The van der Waals surface area contributed by atoms with Gasteiger partial charge in [-0.15, -0.1) is 0 Å². The number of methoxy groups -OCH3 is 1. The maximum Gasteiger partial charge on any atom is 0.225 e. The van der Waals surface area contributed by atoms with E-state index in [1.54, 1.807) is 19.5 Å². The molecule has 1 aliphatic rings. The van der Waals surface area contributed by atoms with Crippen LogP contribution in [0.4, 0.5) is 5.82 Å². The third kappa shape index (κ3) is 2.77. The average Bonchev–Trinajstić information content (AvgIpc) is 3.05. The Bertz CT molecular complexity index is 881. The van der Waals surface area contributed by atoms with E-state index in [4.69, 9.17) is 26.1 Å². The maximum absolute atomic E-state index is 6.12. The lowest BCUT2D eigenvalue weighted by molar-refractivity contribution is 0.122. The first-order valence-electron chi connectivity index (χ1n) is 7.41. The molecule has 0 N–H and O–H groups in total. The van der Waals surface area contributed by atoms with Crippen molar-refractivity contribution >= 4 is 39.1 Å². The van der Waals surface area contributed by atoms with Gasteiger partial charge in [-0.05, 0) is 17.7 Å². The number of halogens is 1. The number of ether oxygens (including phenoxy) is 2. The highest BCUT2D eigenvalue weighted by Crippen LogP contribution is 2.37. The van der Waals surface area contributed by atoms with Crippen molar-refractivity contribution in [3.05, 3.63) is 23.7 Å². The molecule has 9 heteroatoms. The molecule has 0 unspecified atom stereocenters. The van der Waals surface area contributed by atoms with Crippen LogP contribution in [0.1, 0.15) is 0 Å². The fourth-order valence-electron chi connectivity index (χ4n) is 2.61. The topological polar surface area (TPSA) is 73.3 Å². The number of nitrogens with zero attached hydrogens (tertiary/aromatic N) is 5. The second kappa shape index (κ2) is 6.46. The van der Waals surface area contributed by atoms with Gasteiger partial charge in [-0.2, -0.15) is 4.98 Å². The van der Waals surface area contributed by atoms with Crippen molar-refractivity contribution in [3.63, 3.8) is 0 Å². The van der Waals surface area contributed by atoms with E-state index in [1.807, 2.05) is 6.07 Å². The predicted molar refractivity (Wildman–Crippen MR) is 93.0 cm³/mol. The number of anilines is 1. The zero-order valence-corrected chi connectivity index (χ0v) is 14.5. The van der Waals surface area contributed by atoms with Crippen molar-refractivity contribution in [1.29, 1.82) is 0 Å². The molecule has 4 heterocycles. The van der Waals surface area contributed by atoms with Crippen molar-refractivity contribution in [2.24, 2.45) is 0 Å². The van der Waals surface area contributed by atoms with Gasteiger partial charge < -0.3 is 14.4 Å². The number of thiazole rings is 1. The number of rotatable bonds is 3. The van der Waals surface area contributed by atoms with Crippen LogP contribution in [-0.2, 0) is 4.74 Å². The van der Waals surface area contributed by atoms with Gasteiger partial charge in [0.05, 0.1) is 25.9 Å². The molecule has 0 amide bonds. The minimum Gasteiger partial charge on any atom is -0.496 e. The fraction of sp³-hybridized carbons (Fsp3) is 0.333. The molecule has 0 radical (unpaired) electrons. The molecule has 0 atom stereocenters. The largest absolute Gasteiger partial charge is 0.496 e. The van der Waals surface area contributed by atoms with Gasteiger partial charge in [-0.25, -0.2) is 9.97 Å². The Hall–Kier alpha value is -2.03. The summed E-state index contributed by atoms with van der Waals surface area (Å²) in [6.45, 7) is 2.84. The maximum atomic E-state index is 6.12. The lowest BCUT2D eigenvalue weighted by Crippen LogP contribution is -2.37. The average molecular weight is 364 g/mol. The quantitative estimate of drug-likeness (QED) is 0.662. The molecule has 0 bridgehead atoms. The summed E-state index contributed by atoms with van der Waals surface area (Å²) in [7, 11) is 1.63. The van der Waals surface area contributed by atoms with Gasteiger partial charge in [0.25, 0.3) is 0 Å². The summed E-state index contributed by atoms with van der Waals surface area (Å²) in [5, 5.41) is 0.998. The van der Waals surface area contributed by atoms with Crippen molar-refractivity contribution in [1.82, 2.24) is 19.9 Å². The van der Waals surface area contributed by atoms with Crippen LogP contribution in [0, 0.1) is 0 Å². The first-order valence-corrected chi connectivity index (χ1v) is 8.61. The molecule has 1 aliphatic heterocycles. The lowest BCUT2D eigenvalue weighted by Gasteiger charge is -2.27. The molecule has 7 nitrogen and oxygen atoms in total. The molecular weight excluding hydrogens is 350 g/mol. The first kappa shape index (κ1) is 15.5. The summed E-state index contributed by atoms with van der Waals surface area (Å²) >= 11 is 7.57. The molecule has 0 aliphatic carbocycles. The summed E-state index contributed by atoms with van der Waals surface area (Å²) in [6, 6.07) is 1.81. The van der Waals surface area contributed by atoms with Crippen LogP contribution >= 0.6 is 22.9 Å². The molecule has 4 rings (SSSR count). The Morgan fingerprint density at radius 1 is 1.25 bits per heavy atom. The minimum absolute atomic E-state index is 0.220. The van der Waals surface area contributed by atoms with Gasteiger partial charge in [0.2, 0.25) is 5.28 Å². The Kier molecular flexibility index (Phi) is 4.17. The molecule has 0 saturated carbocycles. The SMILES string of the molecule is COc1ccncc1-c1nc2c(N3CCOCC3)nc(Cl)nc2s1. The molecule has 124 valence electrons. The van der Waals surface area contributed by atoms with Crippen LogP contribution in [0.2, 0.25) is 5.28 Å². The monoisotopic (exact) mass is 363 g/mol. The van der Waals surface area contributed by atoms with E-state index in [1.165, 1.54) is 11.3 Å². The van der Waals surface area contributed by atoms with Gasteiger partial charge >= 0.3 is 0 Å². The van der Waals surface area contributed by atoms with Crippen LogP contribution in [0.3, 0.4) is 0 Å². The summed E-state index contributed by atoms with van der Waals surface area (Å²) in [5.74, 6) is 1.47. The Labute approximate surface area is 147 Å². The zero-order valence-electron chi connectivity index (χ0n) is 12.9. The van der Waals surface area contributed by atoms with Crippen LogP contribution < -0.4 is 9.64 Å². The Balaban J connectivity index is 1.85. The van der Waals surface area contributed by atoms with E-state index >= 15 is 0 Å². The van der Waals surface area contributed by atoms with Crippen molar-refractivity contribution < 1.29 is 9.47 Å². The van der Waals surface area contributed by atoms with E-state index in [0.717, 1.165) is 45.6 Å². The highest BCUT2D eigenvalue weighted by molar-refractivity contribution is 7.21. The predicted octanol–water partition coefficient (Wildman–Crippen LogP) is 2.65. The van der Waals surface area contributed by atoms with E-state index in [2.05, 4.69) is 19.9 Å². The lowest BCUT2D eigenvalue weighted by atomic mass is 10.2. The third-order valence-corrected chi connectivity index (χ3v) is 4.91. The second-order valence-corrected chi connectivity index (χ2v) is 6.48. The van der Waals surface area contributed by atoms with Crippen molar-refractivity contribution in [3.8, 4) is 16.3 Å². The molecule has 3 aromatic heterocycles. The number of hydrogen-bond donors (Lipinski definition) is 0. The number of pyridine rings is 1. The van der Waals surface area contributed by atoms with Crippen molar-refractivity contribution in [2.75, 3.05) is 38.3 Å². The summed E-state index contributed by atoms with van der Waals surface area (Å²) in [5.41, 5.74) is 1.57. The van der Waals surface area contributed by atoms with E-state index in [-0.39, 0.29) is 5.28 Å². The molecular formula is C15H14ClN5O2S. The highest BCUT2D eigenvalue weighted by Gasteiger charge is 2.21.